The Kier molecular flexibility index (Phi) is 2.83. The van der Waals surface area contributed by atoms with Crippen LogP contribution in [-0.4, -0.2) is 26.8 Å². The lowest BCUT2D eigenvalue weighted by molar-refractivity contribution is -0.383. The topological polar surface area (TPSA) is 72.2 Å². The summed E-state index contributed by atoms with van der Waals surface area (Å²) in [5.74, 6) is 0. The van der Waals surface area contributed by atoms with E-state index in [-0.39, 0.29) is 5.69 Å². The highest BCUT2D eigenvalue weighted by atomic mass is 32.1. The molecule has 1 fully saturated rings. The molecule has 0 atom stereocenters. The van der Waals surface area contributed by atoms with Crippen molar-refractivity contribution in [3.63, 3.8) is 0 Å². The second-order valence-electron chi connectivity index (χ2n) is 4.37. The molecular formula is C11H12N4O2S. The average Bonchev–Trinajstić information content (AvgIpc) is 2.87. The first kappa shape index (κ1) is 11.3. The summed E-state index contributed by atoms with van der Waals surface area (Å²) in [6.07, 6.45) is 3.58. The predicted octanol–water partition coefficient (Wildman–Crippen LogP) is 2.59. The van der Waals surface area contributed by atoms with Crippen LogP contribution < -0.4 is 4.90 Å². The largest absolute Gasteiger partial charge is 0.370 e. The third-order valence-corrected chi connectivity index (χ3v) is 3.79. The van der Waals surface area contributed by atoms with Crippen molar-refractivity contribution < 1.29 is 4.92 Å². The fraction of sp³-hybridized carbons (Fsp3) is 0.455. The quantitative estimate of drug-likeness (QED) is 0.615. The number of rotatable bonds is 2. The Labute approximate surface area is 108 Å². The molecule has 2 heterocycles. The van der Waals surface area contributed by atoms with Crippen LogP contribution in [0.4, 0.5) is 11.4 Å². The average molecular weight is 264 g/mol. The zero-order valence-corrected chi connectivity index (χ0v) is 10.5. The molecule has 1 aromatic carbocycles. The molecule has 0 amide bonds. The molecule has 0 N–H and O–H groups in total. The van der Waals surface area contributed by atoms with Gasteiger partial charge in [0.2, 0.25) is 0 Å². The maximum absolute atomic E-state index is 10.9. The smallest absolute Gasteiger partial charge is 0.298 e. The molecule has 0 unspecified atom stereocenters. The molecule has 1 aromatic heterocycles. The molecule has 0 aliphatic carbocycles. The van der Waals surface area contributed by atoms with Gasteiger partial charge in [-0.2, -0.15) is 8.75 Å². The monoisotopic (exact) mass is 264 g/mol. The number of hydrogen-bond acceptors (Lipinski definition) is 6. The van der Waals surface area contributed by atoms with Crippen molar-refractivity contribution in [3.8, 4) is 0 Å². The first-order valence-corrected chi connectivity index (χ1v) is 6.65. The Balaban J connectivity index is 2.10. The zero-order valence-electron chi connectivity index (χ0n) is 9.70. The van der Waals surface area contributed by atoms with Crippen LogP contribution in [0.15, 0.2) is 12.1 Å². The summed E-state index contributed by atoms with van der Waals surface area (Å²) in [5, 5.41) is 10.9. The lowest BCUT2D eigenvalue weighted by atomic mass is 10.1. The van der Waals surface area contributed by atoms with Crippen LogP contribution in [0.3, 0.4) is 0 Å². The van der Waals surface area contributed by atoms with E-state index < -0.39 is 4.92 Å². The standard InChI is InChI=1S/C11H12N4O2S/c16-15(17)9-5-4-8(10-11(9)13-18-12-10)14-6-2-1-3-7-14/h4-5H,1-3,6-7H2. The number of aromatic nitrogens is 2. The maximum atomic E-state index is 10.9. The minimum absolute atomic E-state index is 0.0412. The molecule has 6 nitrogen and oxygen atoms in total. The summed E-state index contributed by atoms with van der Waals surface area (Å²) >= 11 is 1.03. The van der Waals surface area contributed by atoms with Gasteiger partial charge < -0.3 is 4.90 Å². The number of nitro benzene ring substituents is 1. The van der Waals surface area contributed by atoms with E-state index in [2.05, 4.69) is 13.6 Å². The summed E-state index contributed by atoms with van der Waals surface area (Å²) < 4.78 is 8.28. The molecule has 1 aliphatic heterocycles. The number of hydrogen-bond donors (Lipinski definition) is 0. The first-order chi connectivity index (χ1) is 8.77. The van der Waals surface area contributed by atoms with Crippen LogP contribution in [0.1, 0.15) is 19.3 Å². The molecule has 94 valence electrons. The van der Waals surface area contributed by atoms with Crippen LogP contribution in [0.25, 0.3) is 11.0 Å². The fourth-order valence-electron chi connectivity index (χ4n) is 2.38. The van der Waals surface area contributed by atoms with Crippen LogP contribution in [0.2, 0.25) is 0 Å². The van der Waals surface area contributed by atoms with E-state index in [1.165, 1.54) is 12.5 Å². The van der Waals surface area contributed by atoms with Gasteiger partial charge in [0.1, 0.15) is 5.52 Å². The molecule has 0 saturated carbocycles. The van der Waals surface area contributed by atoms with Crippen molar-refractivity contribution in [1.29, 1.82) is 0 Å². The highest BCUT2D eigenvalue weighted by molar-refractivity contribution is 7.00. The van der Waals surface area contributed by atoms with Gasteiger partial charge in [-0.1, -0.05) is 0 Å². The van der Waals surface area contributed by atoms with Gasteiger partial charge in [-0.25, -0.2) is 0 Å². The third kappa shape index (κ3) is 1.80. The van der Waals surface area contributed by atoms with Gasteiger partial charge >= 0.3 is 0 Å². The molecule has 1 saturated heterocycles. The molecule has 3 rings (SSSR count). The number of anilines is 1. The summed E-state index contributed by atoms with van der Waals surface area (Å²) in [5.41, 5.74) is 2.09. The normalized spacial score (nSPS) is 16.1. The summed E-state index contributed by atoms with van der Waals surface area (Å²) in [4.78, 5) is 12.8. The van der Waals surface area contributed by atoms with Gasteiger partial charge in [-0.05, 0) is 25.3 Å². The van der Waals surface area contributed by atoms with Crippen molar-refractivity contribution in [2.45, 2.75) is 19.3 Å². The number of non-ortho nitro benzene ring substituents is 1. The number of nitrogens with zero attached hydrogens (tertiary/aromatic N) is 4. The van der Waals surface area contributed by atoms with Gasteiger partial charge in [0.05, 0.1) is 22.3 Å². The van der Waals surface area contributed by atoms with Crippen LogP contribution in [0, 0.1) is 10.1 Å². The first-order valence-electron chi connectivity index (χ1n) is 5.92. The Morgan fingerprint density at radius 2 is 1.89 bits per heavy atom. The van der Waals surface area contributed by atoms with E-state index in [9.17, 15) is 10.1 Å². The highest BCUT2D eigenvalue weighted by Gasteiger charge is 2.21. The summed E-state index contributed by atoms with van der Waals surface area (Å²) in [6.45, 7) is 1.98. The minimum Gasteiger partial charge on any atom is -0.370 e. The lowest BCUT2D eigenvalue weighted by Crippen LogP contribution is -2.29. The molecule has 18 heavy (non-hydrogen) atoms. The van der Waals surface area contributed by atoms with Crippen LogP contribution in [-0.2, 0) is 0 Å². The van der Waals surface area contributed by atoms with Gasteiger partial charge in [0, 0.05) is 19.2 Å². The molecule has 0 radical (unpaired) electrons. The molecular weight excluding hydrogens is 252 g/mol. The van der Waals surface area contributed by atoms with Gasteiger partial charge in [0.25, 0.3) is 5.69 Å². The number of nitro groups is 1. The number of fused-ring (bicyclic) bond motifs is 1. The van der Waals surface area contributed by atoms with Crippen molar-refractivity contribution in [2.24, 2.45) is 0 Å². The molecule has 2 aromatic rings. The Hall–Kier alpha value is -1.76. The van der Waals surface area contributed by atoms with E-state index in [0.29, 0.717) is 11.0 Å². The summed E-state index contributed by atoms with van der Waals surface area (Å²) in [7, 11) is 0. The molecule has 7 heteroatoms. The van der Waals surface area contributed by atoms with E-state index in [1.807, 2.05) is 0 Å². The fourth-order valence-corrected chi connectivity index (χ4v) is 2.94. The Bertz CT molecular complexity index is 592. The van der Waals surface area contributed by atoms with Gasteiger partial charge in [-0.15, -0.1) is 0 Å². The van der Waals surface area contributed by atoms with E-state index in [4.69, 9.17) is 0 Å². The van der Waals surface area contributed by atoms with Crippen molar-refractivity contribution in [2.75, 3.05) is 18.0 Å². The van der Waals surface area contributed by atoms with Crippen LogP contribution >= 0.6 is 11.7 Å². The number of benzene rings is 1. The van der Waals surface area contributed by atoms with E-state index >= 15 is 0 Å². The second-order valence-corrected chi connectivity index (χ2v) is 4.90. The minimum atomic E-state index is -0.399. The molecule has 0 bridgehead atoms. The molecule has 0 spiro atoms. The zero-order chi connectivity index (χ0) is 12.5. The third-order valence-electron chi connectivity index (χ3n) is 3.27. The van der Waals surface area contributed by atoms with Crippen molar-refractivity contribution >= 4 is 34.1 Å². The van der Waals surface area contributed by atoms with Gasteiger partial charge in [0.15, 0.2) is 5.52 Å². The summed E-state index contributed by atoms with van der Waals surface area (Å²) in [6, 6.07) is 3.33. The number of piperidine rings is 1. The SMILES string of the molecule is O=[N+]([O-])c1ccc(N2CCCCC2)c2nsnc12. The highest BCUT2D eigenvalue weighted by Crippen LogP contribution is 2.33. The lowest BCUT2D eigenvalue weighted by Gasteiger charge is -2.28. The predicted molar refractivity (Wildman–Crippen MR) is 70.1 cm³/mol. The maximum Gasteiger partial charge on any atom is 0.298 e. The van der Waals surface area contributed by atoms with Crippen molar-refractivity contribution in [3.05, 3.63) is 22.2 Å². The molecule has 1 aliphatic rings. The Morgan fingerprint density at radius 1 is 1.17 bits per heavy atom. The van der Waals surface area contributed by atoms with Crippen LogP contribution in [0.5, 0.6) is 0 Å². The second kappa shape index (κ2) is 4.49. The van der Waals surface area contributed by atoms with E-state index in [1.54, 1.807) is 6.07 Å². The Morgan fingerprint density at radius 3 is 2.61 bits per heavy atom. The van der Waals surface area contributed by atoms with E-state index in [0.717, 1.165) is 43.3 Å². The van der Waals surface area contributed by atoms with Crippen molar-refractivity contribution in [1.82, 2.24) is 8.75 Å². The van der Waals surface area contributed by atoms with Gasteiger partial charge in [-0.3, -0.25) is 10.1 Å².